The smallest absolute Gasteiger partial charge is 0.407 e. The van der Waals surface area contributed by atoms with Gasteiger partial charge in [-0.2, -0.15) is 10.1 Å². The number of amides is 4. The molecule has 34 nitrogen and oxygen atoms in total. The van der Waals surface area contributed by atoms with Gasteiger partial charge in [0.2, 0.25) is 17.6 Å². The number of ketones is 2. The van der Waals surface area contributed by atoms with Crippen LogP contribution < -0.4 is 22.1 Å². The van der Waals surface area contributed by atoms with Gasteiger partial charge in [0.25, 0.3) is 17.7 Å². The van der Waals surface area contributed by atoms with Crippen LogP contribution in [0.5, 0.6) is 0 Å². The molecule has 2 bridgehead atoms. The fourth-order valence-electron chi connectivity index (χ4n) is 17.9. The molecule has 13 atom stereocenters. The molecule has 0 radical (unpaired) electrons. The highest BCUT2D eigenvalue weighted by Crippen LogP contribution is 2.38. The second kappa shape index (κ2) is 50.4. The van der Waals surface area contributed by atoms with Gasteiger partial charge >= 0.3 is 12.1 Å². The molecule has 0 spiro atoms. The summed E-state index contributed by atoms with van der Waals surface area (Å²) in [6.45, 7) is 17.6. The number of aromatic nitrogens is 5. The maximum atomic E-state index is 14.7. The molecule has 5 aliphatic heterocycles. The number of nitrogen functional groups attached to an aromatic ring is 2. The Morgan fingerprint density at radius 3 is 2.14 bits per heavy atom. The molecule has 5 aromatic rings. The van der Waals surface area contributed by atoms with Gasteiger partial charge in [-0.1, -0.05) is 75.4 Å². The minimum Gasteiger partial charge on any atom is -0.461 e. The lowest BCUT2D eigenvalue weighted by Gasteiger charge is -2.40. The van der Waals surface area contributed by atoms with Crippen molar-refractivity contribution in [2.24, 2.45) is 23.7 Å². The van der Waals surface area contributed by atoms with Crippen molar-refractivity contribution in [3.05, 3.63) is 107 Å². The number of nitrogens with zero attached hydrogens (tertiary/aromatic N) is 8. The van der Waals surface area contributed by atoms with Crippen molar-refractivity contribution in [3.63, 3.8) is 0 Å². The number of anilines is 2. The summed E-state index contributed by atoms with van der Waals surface area (Å²) in [4.78, 5) is 115. The number of fused-ring (bicyclic) bond motifs is 6. The molecule has 11 rings (SSSR count). The van der Waals surface area contributed by atoms with Gasteiger partial charge in [0.15, 0.2) is 11.2 Å². The normalized spacial score (nSPS) is 26.3. The third-order valence-electron chi connectivity index (χ3n) is 25.3. The summed E-state index contributed by atoms with van der Waals surface area (Å²) in [5.74, 6) is -5.45. The molecule has 8 heterocycles. The Kier molecular flexibility index (Phi) is 39.2. The Morgan fingerprint density at radius 1 is 0.703 bits per heavy atom. The molecule has 6 aliphatic rings. The number of cyclic esters (lactones) is 1. The second-order valence-corrected chi connectivity index (χ2v) is 34.8. The Bertz CT molecular complexity index is 4570. The average Bonchev–Trinajstić information content (AvgIpc) is 1.61. The van der Waals surface area contributed by atoms with Gasteiger partial charge in [0, 0.05) is 110 Å². The van der Waals surface area contributed by atoms with Crippen LogP contribution in [0.2, 0.25) is 0 Å². The number of nitrogens with two attached hydrogens (primary N) is 2. The number of ether oxygens (including phenoxy) is 12. The molecule has 1 saturated carbocycles. The van der Waals surface area contributed by atoms with E-state index in [0.717, 1.165) is 28.7 Å². The van der Waals surface area contributed by atoms with Gasteiger partial charge in [-0.3, -0.25) is 28.9 Å². The summed E-state index contributed by atoms with van der Waals surface area (Å²) >= 11 is 0. The number of allylic oxidation sites excluding steroid dienone is 5. The van der Waals surface area contributed by atoms with Crippen LogP contribution in [-0.2, 0) is 105 Å². The highest BCUT2D eigenvalue weighted by Gasteiger charge is 2.50. The van der Waals surface area contributed by atoms with Crippen molar-refractivity contribution < 1.29 is 105 Å². The molecular formula is C94H136N12O22. The molecule has 2 aromatic carbocycles. The fraction of sp³-hybridized carbons (Fsp3) is 0.649. The Labute approximate surface area is 750 Å². The minimum absolute atomic E-state index is 0.0407. The van der Waals surface area contributed by atoms with E-state index < -0.39 is 78.3 Å². The molecule has 128 heavy (non-hydrogen) atoms. The molecule has 4 fully saturated rings. The first-order valence-corrected chi connectivity index (χ1v) is 45.8. The van der Waals surface area contributed by atoms with E-state index >= 15 is 0 Å². The lowest BCUT2D eigenvalue weighted by Crippen LogP contribution is -2.58. The monoisotopic (exact) mass is 1780 g/mol. The molecule has 704 valence electrons. The van der Waals surface area contributed by atoms with E-state index in [0.29, 0.717) is 241 Å². The number of benzene rings is 2. The van der Waals surface area contributed by atoms with Crippen LogP contribution in [0.1, 0.15) is 167 Å². The van der Waals surface area contributed by atoms with E-state index in [4.69, 9.17) is 77.8 Å². The number of hydrogen-bond acceptors (Lipinski definition) is 29. The largest absolute Gasteiger partial charge is 0.461 e. The first-order valence-electron chi connectivity index (χ1n) is 45.8. The number of alkyl carbamates (subject to hydrolysis) is 1. The van der Waals surface area contributed by atoms with Crippen molar-refractivity contribution in [2.75, 3.05) is 151 Å². The Morgan fingerprint density at radius 2 is 1.42 bits per heavy atom. The zero-order valence-corrected chi connectivity index (χ0v) is 75.9. The van der Waals surface area contributed by atoms with Crippen LogP contribution in [0, 0.1) is 23.7 Å². The number of carbonyl (C=O) groups excluding carboxylic acids is 7. The standard InChI is InChI=1S/C94H136N12O22/c1-61-15-10-9-11-16-62(2)80(116-6)55-73-17-14-31-94(115,128-73)87(111)90(112)105-33-13-12-18-75(105)91(113)125-72(54-81(117-7)65(5)50-64(4)77(108)56-76(107)63(3)49-61)24-20-66-21-25-79(82(52-66)118-8)127-93(114)100-71-28-34-103(35-29-71)59-83(109)97-32-38-120-40-42-122-44-46-124-48-47-123-45-43-121-41-39-119-37-30-84(110)104-36-27-68-51-67(19-22-70(68)58-104)57-106-89-85(88(95)98-60-99-89)86(102-106)69-23-26-78-74(53-69)101-92(96)126-78/h9-11,15-16,19,22-23,26,50-51,53,60-61,63,65-66,71-73,75,77,79-82,108,115H,12-14,17-18,20-21,24-25,27-49,52,54-59H2,1-8H3,(H2,96,101)(H,97,109)(H,100,114)(H2,95,98,99)/b11-9?,15-10+,62-16?,64-50+/t61-,63-,65-,66-,72-,73?,75+,77+,79-,80+,81-,82-,94-/m1/s1. The van der Waals surface area contributed by atoms with Crippen molar-refractivity contribution >= 4 is 75.3 Å². The van der Waals surface area contributed by atoms with E-state index in [1.807, 2.05) is 85.9 Å². The lowest BCUT2D eigenvalue weighted by molar-refractivity contribution is -0.245. The SMILES string of the molecule is CO[C@H]1CC2CCC[C@@](O)(O2)C(=O)C(=O)N2CCCC[C@H]2C(=O)O[C@H](CC[C@@H]2CC[C@@H](OC(=O)NC3CCN(CC(=O)NCCOCCOCCOCCOCCOCCOCCC(=O)N4CCc5cc(Cn6nc(-c7ccc8oc(N)nc8c7)c7c(N)ncnc76)ccc5C4)CC3)[C@H](OC)C2)C[C@@H](OC)[C@H](C)/C=C(\C)[C@@H](O)CC(=O)[C@H](C)C[C@H](C)/C=C/C=CC=C1C. The highest BCUT2D eigenvalue weighted by molar-refractivity contribution is 6.39. The third kappa shape index (κ3) is 29.5. The van der Waals surface area contributed by atoms with Gasteiger partial charge in [-0.05, 0) is 162 Å². The number of nitrogens with one attached hydrogen (secondary N) is 2. The van der Waals surface area contributed by atoms with E-state index in [1.54, 1.807) is 34.3 Å². The van der Waals surface area contributed by atoms with Crippen molar-refractivity contribution in [3.8, 4) is 11.3 Å². The summed E-state index contributed by atoms with van der Waals surface area (Å²) in [5, 5.41) is 34.9. The molecule has 3 aromatic heterocycles. The van der Waals surface area contributed by atoms with Gasteiger partial charge in [-0.25, -0.2) is 24.2 Å². The molecule has 1 unspecified atom stereocenters. The number of Topliss-reactive ketones (excluding diaryl/α,β-unsaturated/α-hetero) is 2. The topological polar surface area (TPSA) is 426 Å². The van der Waals surface area contributed by atoms with Gasteiger partial charge in [-0.15, -0.1) is 0 Å². The number of likely N-dealkylation sites (tertiary alicyclic amines) is 1. The fourth-order valence-corrected chi connectivity index (χ4v) is 17.9. The Balaban J connectivity index is 0.515. The number of rotatable bonds is 34. The van der Waals surface area contributed by atoms with Gasteiger partial charge in [0.05, 0.1) is 135 Å². The number of oxazole rings is 1. The van der Waals surface area contributed by atoms with Crippen LogP contribution in [-0.4, -0.2) is 291 Å². The van der Waals surface area contributed by atoms with Crippen LogP contribution in [0.4, 0.5) is 16.6 Å². The lowest BCUT2D eigenvalue weighted by atomic mass is 9.81. The van der Waals surface area contributed by atoms with Crippen molar-refractivity contribution in [1.29, 1.82) is 0 Å². The van der Waals surface area contributed by atoms with E-state index in [9.17, 15) is 43.8 Å². The predicted molar refractivity (Wildman–Crippen MR) is 477 cm³/mol. The maximum absolute atomic E-state index is 14.7. The zero-order valence-electron chi connectivity index (χ0n) is 75.9. The third-order valence-corrected chi connectivity index (χ3v) is 25.3. The van der Waals surface area contributed by atoms with Crippen molar-refractivity contribution in [1.82, 2.24) is 50.1 Å². The zero-order chi connectivity index (χ0) is 91.1. The number of hydrogen-bond donors (Lipinski definition) is 6. The molecule has 8 N–H and O–H groups in total. The number of esters is 1. The maximum Gasteiger partial charge on any atom is 0.407 e. The van der Waals surface area contributed by atoms with Crippen LogP contribution in [0.3, 0.4) is 0 Å². The molecular weight excluding hydrogens is 1650 g/mol. The summed E-state index contributed by atoms with van der Waals surface area (Å²) in [5.41, 5.74) is 20.2. The number of piperidine rings is 2. The van der Waals surface area contributed by atoms with Crippen LogP contribution in [0.25, 0.3) is 33.4 Å². The number of aliphatic hydroxyl groups is 2. The van der Waals surface area contributed by atoms with E-state index in [1.165, 1.54) is 16.8 Å². The van der Waals surface area contributed by atoms with Crippen LogP contribution in [0.15, 0.2) is 94.7 Å². The molecule has 34 heteroatoms. The van der Waals surface area contributed by atoms with E-state index in [2.05, 4.69) is 48.7 Å². The first-order chi connectivity index (χ1) is 61.8. The summed E-state index contributed by atoms with van der Waals surface area (Å²) < 4.78 is 77.9. The number of carbonyl (C=O) groups is 7. The quantitative estimate of drug-likeness (QED) is 0.00967. The van der Waals surface area contributed by atoms with E-state index in [-0.39, 0.29) is 98.5 Å². The highest BCUT2D eigenvalue weighted by atomic mass is 16.6. The van der Waals surface area contributed by atoms with Gasteiger partial charge in [0.1, 0.15) is 47.4 Å². The first kappa shape index (κ1) is 99.6. The number of methoxy groups -OCH3 is 3. The van der Waals surface area contributed by atoms with Gasteiger partial charge < -0.3 is 103 Å². The summed E-state index contributed by atoms with van der Waals surface area (Å²) in [6.07, 6.45) is 16.7. The molecule has 1 aliphatic carbocycles. The Hall–Kier alpha value is -9.01. The van der Waals surface area contributed by atoms with Crippen LogP contribution >= 0.6 is 0 Å². The predicted octanol–water partition coefficient (Wildman–Crippen LogP) is 9.06. The second-order valence-electron chi connectivity index (χ2n) is 34.8. The van der Waals surface area contributed by atoms with Crippen molar-refractivity contribution in [2.45, 2.75) is 230 Å². The minimum atomic E-state index is -2.40. The molecule has 4 amide bonds. The summed E-state index contributed by atoms with van der Waals surface area (Å²) in [6, 6.07) is 10.7. The average molecular weight is 1790 g/mol. The summed E-state index contributed by atoms with van der Waals surface area (Å²) in [7, 11) is 4.76. The molecule has 3 saturated heterocycles. The number of aliphatic hydroxyl groups excluding tert-OH is 1.